The number of rotatable bonds is 10. The molecule has 0 radical (unpaired) electrons. The van der Waals surface area contributed by atoms with Gasteiger partial charge in [0.05, 0.1) is 16.3 Å². The Labute approximate surface area is 228 Å². The summed E-state index contributed by atoms with van der Waals surface area (Å²) in [6.45, 7) is -0.509. The monoisotopic (exact) mass is 571 g/mol. The van der Waals surface area contributed by atoms with Crippen molar-refractivity contribution in [2.24, 2.45) is 0 Å². The number of fused-ring (bicyclic) bond motifs is 1. The molecule has 2 N–H and O–H groups in total. The van der Waals surface area contributed by atoms with Crippen molar-refractivity contribution in [3.8, 4) is 11.5 Å². The number of ether oxygens (including phenoxy) is 2. The van der Waals surface area contributed by atoms with Gasteiger partial charge in [-0.25, -0.2) is 21.6 Å². The zero-order valence-corrected chi connectivity index (χ0v) is 22.7. The topological polar surface area (TPSA) is 131 Å². The number of amides is 1. The van der Waals surface area contributed by atoms with Crippen LogP contribution in [0.4, 0.5) is 5.69 Å². The van der Waals surface area contributed by atoms with E-state index in [9.17, 15) is 21.6 Å². The Morgan fingerprint density at radius 2 is 1.51 bits per heavy atom. The lowest BCUT2D eigenvalue weighted by Gasteiger charge is -2.22. The molecular formula is C27H29N3O7S2. The molecule has 0 spiro atoms. The number of nitrogens with one attached hydrogen (secondary N) is 2. The zero-order valence-electron chi connectivity index (χ0n) is 21.1. The highest BCUT2D eigenvalue weighted by atomic mass is 32.2. The smallest absolute Gasteiger partial charge is 0.243 e. The van der Waals surface area contributed by atoms with E-state index in [1.165, 1.54) is 24.3 Å². The summed E-state index contributed by atoms with van der Waals surface area (Å²) in [6, 6.07) is 18.7. The summed E-state index contributed by atoms with van der Waals surface area (Å²) >= 11 is 0. The normalized spacial score (nSPS) is 15.5. The number of hydrogen-bond donors (Lipinski definition) is 2. The predicted octanol–water partition coefficient (Wildman–Crippen LogP) is 3.47. The molecule has 1 amide bonds. The average Bonchev–Trinajstić information content (AvgIpc) is 3.60. The van der Waals surface area contributed by atoms with E-state index in [1.54, 1.807) is 48.5 Å². The van der Waals surface area contributed by atoms with Gasteiger partial charge in [0.2, 0.25) is 32.7 Å². The molecule has 1 saturated carbocycles. The molecule has 1 heterocycles. The van der Waals surface area contributed by atoms with Gasteiger partial charge in [-0.1, -0.05) is 37.1 Å². The van der Waals surface area contributed by atoms with Crippen LogP contribution in [0.25, 0.3) is 0 Å². The fourth-order valence-electron chi connectivity index (χ4n) is 4.62. The maximum Gasteiger partial charge on any atom is 0.243 e. The van der Waals surface area contributed by atoms with Gasteiger partial charge in [-0.3, -0.25) is 4.79 Å². The van der Waals surface area contributed by atoms with Crippen molar-refractivity contribution in [2.75, 3.05) is 18.7 Å². The molecule has 0 bridgehead atoms. The van der Waals surface area contributed by atoms with Gasteiger partial charge in [0, 0.05) is 18.3 Å². The van der Waals surface area contributed by atoms with E-state index in [2.05, 4.69) is 10.0 Å². The summed E-state index contributed by atoms with van der Waals surface area (Å²) in [7, 11) is -7.98. The molecule has 5 rings (SSSR count). The first-order valence-corrected chi connectivity index (χ1v) is 15.5. The maximum atomic E-state index is 13.7. The summed E-state index contributed by atoms with van der Waals surface area (Å²) in [5, 5.41) is 2.71. The van der Waals surface area contributed by atoms with E-state index < -0.39 is 32.5 Å². The summed E-state index contributed by atoms with van der Waals surface area (Å²) < 4.78 is 67.5. The van der Waals surface area contributed by atoms with Gasteiger partial charge >= 0.3 is 0 Å². The lowest BCUT2D eigenvalue weighted by Crippen LogP contribution is -2.37. The molecule has 0 atom stereocenters. The molecule has 0 saturated heterocycles. The highest BCUT2D eigenvalue weighted by Gasteiger charge is 2.29. The van der Waals surface area contributed by atoms with E-state index in [-0.39, 0.29) is 29.2 Å². The first-order valence-electron chi connectivity index (χ1n) is 12.6. The minimum Gasteiger partial charge on any atom is -0.454 e. The number of anilines is 1. The minimum absolute atomic E-state index is 0.0162. The zero-order chi connectivity index (χ0) is 27.5. The molecule has 3 aromatic carbocycles. The van der Waals surface area contributed by atoms with E-state index in [4.69, 9.17) is 9.47 Å². The van der Waals surface area contributed by atoms with Crippen LogP contribution in [-0.2, 0) is 31.4 Å². The van der Waals surface area contributed by atoms with Gasteiger partial charge in [-0.15, -0.1) is 0 Å². The highest BCUT2D eigenvalue weighted by molar-refractivity contribution is 7.89. The van der Waals surface area contributed by atoms with E-state index in [0.717, 1.165) is 30.0 Å². The van der Waals surface area contributed by atoms with Gasteiger partial charge in [-0.05, 0) is 66.9 Å². The van der Waals surface area contributed by atoms with Crippen LogP contribution in [0.5, 0.6) is 11.5 Å². The predicted molar refractivity (Wildman–Crippen MR) is 144 cm³/mol. The largest absolute Gasteiger partial charge is 0.454 e. The quantitative estimate of drug-likeness (QED) is 0.381. The number of nitrogens with zero attached hydrogens (tertiary/aromatic N) is 1. The Morgan fingerprint density at radius 1 is 0.846 bits per heavy atom. The summed E-state index contributed by atoms with van der Waals surface area (Å²) in [5.41, 5.74) is 1.13. The fraction of sp³-hybridized carbons (Fsp3) is 0.296. The van der Waals surface area contributed by atoms with Crippen LogP contribution in [-0.4, -0.2) is 46.4 Å². The van der Waals surface area contributed by atoms with Crippen LogP contribution in [0.3, 0.4) is 0 Å². The third-order valence-corrected chi connectivity index (χ3v) is 9.96. The second-order valence-corrected chi connectivity index (χ2v) is 13.1. The van der Waals surface area contributed by atoms with Crippen molar-refractivity contribution in [1.29, 1.82) is 0 Å². The Morgan fingerprint density at radius 3 is 2.23 bits per heavy atom. The molecule has 1 aliphatic carbocycles. The van der Waals surface area contributed by atoms with Crippen LogP contribution in [0.1, 0.15) is 31.2 Å². The molecule has 39 heavy (non-hydrogen) atoms. The molecule has 1 aliphatic heterocycles. The summed E-state index contributed by atoms with van der Waals surface area (Å²) in [5.74, 6) is 0.520. The number of para-hydroxylation sites is 1. The second-order valence-electron chi connectivity index (χ2n) is 9.45. The van der Waals surface area contributed by atoms with E-state index in [1.807, 2.05) is 0 Å². The van der Waals surface area contributed by atoms with Gasteiger partial charge in [0.15, 0.2) is 11.5 Å². The number of benzene rings is 3. The Bertz CT molecular complexity index is 1540. The Balaban J connectivity index is 1.39. The van der Waals surface area contributed by atoms with Gasteiger partial charge in [0.1, 0.15) is 0 Å². The SMILES string of the molecule is O=C(CN(Cc1ccc2c(c1)OCO2)S(=O)(=O)c1ccc(S(=O)(=O)NC2CCCC2)cc1)Nc1ccccc1. The molecule has 206 valence electrons. The molecular weight excluding hydrogens is 542 g/mol. The molecule has 10 nitrogen and oxygen atoms in total. The molecule has 0 unspecified atom stereocenters. The van der Waals surface area contributed by atoms with Crippen LogP contribution < -0.4 is 19.5 Å². The molecule has 1 fully saturated rings. The number of carbonyl (C=O) groups excluding carboxylic acids is 1. The lowest BCUT2D eigenvalue weighted by atomic mass is 10.2. The molecule has 12 heteroatoms. The standard InChI is InChI=1S/C27H29N3O7S2/c31-27(28-21-6-2-1-3-7-21)18-30(17-20-10-15-25-26(16-20)37-19-36-25)39(34,35)24-13-11-23(12-14-24)38(32,33)29-22-8-4-5-9-22/h1-3,6-7,10-16,22,29H,4-5,8-9,17-19H2,(H,28,31). The van der Waals surface area contributed by atoms with Crippen LogP contribution in [0, 0.1) is 0 Å². The van der Waals surface area contributed by atoms with Crippen LogP contribution in [0.15, 0.2) is 82.6 Å². The Kier molecular flexibility index (Phi) is 7.89. The molecule has 3 aromatic rings. The summed E-state index contributed by atoms with van der Waals surface area (Å²) in [4.78, 5) is 12.7. The van der Waals surface area contributed by atoms with Gasteiger partial charge in [-0.2, -0.15) is 4.31 Å². The van der Waals surface area contributed by atoms with Crippen LogP contribution >= 0.6 is 0 Å². The van der Waals surface area contributed by atoms with Crippen molar-refractivity contribution in [2.45, 2.75) is 48.1 Å². The third-order valence-electron chi connectivity index (χ3n) is 6.62. The number of hydrogen-bond acceptors (Lipinski definition) is 7. The van der Waals surface area contributed by atoms with Crippen LogP contribution in [0.2, 0.25) is 0 Å². The third kappa shape index (κ3) is 6.41. The minimum atomic E-state index is -4.20. The lowest BCUT2D eigenvalue weighted by molar-refractivity contribution is -0.116. The van der Waals surface area contributed by atoms with Crippen molar-refractivity contribution in [1.82, 2.24) is 9.03 Å². The van der Waals surface area contributed by atoms with E-state index in [0.29, 0.717) is 22.7 Å². The maximum absolute atomic E-state index is 13.7. The number of carbonyl (C=O) groups is 1. The van der Waals surface area contributed by atoms with E-state index >= 15 is 0 Å². The fourth-order valence-corrected chi connectivity index (χ4v) is 7.31. The first-order chi connectivity index (χ1) is 18.7. The molecule has 0 aromatic heterocycles. The van der Waals surface area contributed by atoms with Crippen molar-refractivity contribution < 1.29 is 31.1 Å². The molecule has 2 aliphatic rings. The highest BCUT2D eigenvalue weighted by Crippen LogP contribution is 2.33. The first kappa shape index (κ1) is 27.1. The second kappa shape index (κ2) is 11.3. The number of sulfonamides is 2. The van der Waals surface area contributed by atoms with Gasteiger partial charge in [0.25, 0.3) is 0 Å². The van der Waals surface area contributed by atoms with Crippen molar-refractivity contribution in [3.05, 3.63) is 78.4 Å². The van der Waals surface area contributed by atoms with Crippen molar-refractivity contribution in [3.63, 3.8) is 0 Å². The van der Waals surface area contributed by atoms with Crippen molar-refractivity contribution >= 4 is 31.6 Å². The average molecular weight is 572 g/mol. The summed E-state index contributed by atoms with van der Waals surface area (Å²) in [6.07, 6.45) is 3.51. The van der Waals surface area contributed by atoms with Gasteiger partial charge < -0.3 is 14.8 Å². The Hall–Kier alpha value is -3.45.